The summed E-state index contributed by atoms with van der Waals surface area (Å²) in [6, 6.07) is 17.7. The summed E-state index contributed by atoms with van der Waals surface area (Å²) in [5.41, 5.74) is 1.98. The number of Topliss-reactive ketones (excluding diaryl/α,β-unsaturated/α-hetero) is 1. The number of ether oxygens (including phenoxy) is 2. The van der Waals surface area contributed by atoms with Gasteiger partial charge in [0.2, 0.25) is 0 Å². The minimum Gasteiger partial charge on any atom is -0.481 e. The van der Waals surface area contributed by atoms with Crippen molar-refractivity contribution in [2.75, 3.05) is 11.9 Å². The van der Waals surface area contributed by atoms with Crippen LogP contribution in [0.25, 0.3) is 0 Å². The SMILES string of the molecule is CCC#CCOc1cccc(N[C@@H](CCCCCC)[C@H](OCc2ccccc2)C(C)=O)c1. The number of hydrogen-bond acceptors (Lipinski definition) is 4. The molecule has 1 N–H and O–H groups in total. The fourth-order valence-corrected chi connectivity index (χ4v) is 3.55. The first-order valence-electron chi connectivity index (χ1n) is 11.7. The van der Waals surface area contributed by atoms with Gasteiger partial charge in [0.15, 0.2) is 5.78 Å². The van der Waals surface area contributed by atoms with Crippen LogP contribution in [0.5, 0.6) is 5.75 Å². The Hall–Kier alpha value is -2.77. The lowest BCUT2D eigenvalue weighted by Crippen LogP contribution is -2.40. The molecular weight excluding hydrogens is 398 g/mol. The van der Waals surface area contributed by atoms with Crippen LogP contribution in [-0.4, -0.2) is 24.5 Å². The van der Waals surface area contributed by atoms with Crippen LogP contribution in [0, 0.1) is 11.8 Å². The van der Waals surface area contributed by atoms with Gasteiger partial charge in [-0.3, -0.25) is 4.79 Å². The van der Waals surface area contributed by atoms with Gasteiger partial charge in [-0.1, -0.05) is 81.8 Å². The quantitative estimate of drug-likeness (QED) is 0.275. The number of rotatable bonds is 14. The molecule has 0 bridgehead atoms. The van der Waals surface area contributed by atoms with Gasteiger partial charge >= 0.3 is 0 Å². The largest absolute Gasteiger partial charge is 0.481 e. The fraction of sp³-hybridized carbons (Fsp3) is 0.464. The molecule has 0 radical (unpaired) electrons. The molecule has 0 saturated heterocycles. The van der Waals surface area contributed by atoms with Gasteiger partial charge in [0.05, 0.1) is 12.6 Å². The van der Waals surface area contributed by atoms with E-state index in [0.29, 0.717) is 13.2 Å². The first-order valence-corrected chi connectivity index (χ1v) is 11.7. The Bertz CT molecular complexity index is 854. The van der Waals surface area contributed by atoms with E-state index >= 15 is 0 Å². The Kier molecular flexibility index (Phi) is 12.0. The van der Waals surface area contributed by atoms with Crippen LogP contribution in [-0.2, 0) is 16.1 Å². The molecule has 172 valence electrons. The van der Waals surface area contributed by atoms with Crippen LogP contribution in [0.1, 0.15) is 64.9 Å². The summed E-state index contributed by atoms with van der Waals surface area (Å²) in [5.74, 6) is 6.80. The second-order valence-electron chi connectivity index (χ2n) is 7.95. The summed E-state index contributed by atoms with van der Waals surface area (Å²) in [7, 11) is 0. The van der Waals surface area contributed by atoms with Crippen LogP contribution in [0.15, 0.2) is 54.6 Å². The summed E-state index contributed by atoms with van der Waals surface area (Å²) in [6.07, 6.45) is 5.75. The Morgan fingerprint density at radius 1 is 1.00 bits per heavy atom. The van der Waals surface area contributed by atoms with Gasteiger partial charge in [-0.25, -0.2) is 0 Å². The number of hydrogen-bond donors (Lipinski definition) is 1. The smallest absolute Gasteiger partial charge is 0.160 e. The average Bonchev–Trinajstić information content (AvgIpc) is 2.80. The van der Waals surface area contributed by atoms with Crippen molar-refractivity contribution in [3.63, 3.8) is 0 Å². The van der Waals surface area contributed by atoms with Gasteiger partial charge in [0.25, 0.3) is 0 Å². The molecule has 0 aromatic heterocycles. The summed E-state index contributed by atoms with van der Waals surface area (Å²) in [5, 5.41) is 3.55. The summed E-state index contributed by atoms with van der Waals surface area (Å²) in [4.78, 5) is 12.6. The number of carbonyl (C=O) groups excluding carboxylic acids is 1. The van der Waals surface area contributed by atoms with Crippen molar-refractivity contribution >= 4 is 11.5 Å². The van der Waals surface area contributed by atoms with Crippen molar-refractivity contribution in [1.82, 2.24) is 0 Å². The van der Waals surface area contributed by atoms with Crippen molar-refractivity contribution in [3.8, 4) is 17.6 Å². The molecule has 0 heterocycles. The summed E-state index contributed by atoms with van der Waals surface area (Å²) >= 11 is 0. The highest BCUT2D eigenvalue weighted by Gasteiger charge is 2.26. The molecule has 0 amide bonds. The second kappa shape index (κ2) is 15.1. The predicted octanol–water partition coefficient (Wildman–Crippen LogP) is 6.40. The highest BCUT2D eigenvalue weighted by atomic mass is 16.5. The molecule has 0 aliphatic rings. The Morgan fingerprint density at radius 2 is 1.81 bits per heavy atom. The van der Waals surface area contributed by atoms with E-state index in [1.807, 2.05) is 61.5 Å². The third kappa shape index (κ3) is 9.58. The zero-order valence-corrected chi connectivity index (χ0v) is 19.7. The van der Waals surface area contributed by atoms with Crippen LogP contribution < -0.4 is 10.1 Å². The summed E-state index contributed by atoms with van der Waals surface area (Å²) in [6.45, 7) is 6.62. The third-order valence-corrected chi connectivity index (χ3v) is 5.21. The molecule has 32 heavy (non-hydrogen) atoms. The van der Waals surface area contributed by atoms with E-state index < -0.39 is 6.10 Å². The molecule has 2 aromatic rings. The van der Waals surface area contributed by atoms with E-state index in [2.05, 4.69) is 24.1 Å². The minimum absolute atomic E-state index is 0.0381. The van der Waals surface area contributed by atoms with E-state index in [-0.39, 0.29) is 11.8 Å². The minimum atomic E-state index is -0.517. The van der Waals surface area contributed by atoms with E-state index in [1.165, 1.54) is 12.8 Å². The Labute approximate surface area is 193 Å². The van der Waals surface area contributed by atoms with Gasteiger partial charge in [-0.05, 0) is 31.0 Å². The lowest BCUT2D eigenvalue weighted by atomic mass is 9.99. The number of nitrogens with one attached hydrogen (secondary N) is 1. The van der Waals surface area contributed by atoms with Crippen molar-refractivity contribution in [2.24, 2.45) is 0 Å². The van der Waals surface area contributed by atoms with E-state index in [4.69, 9.17) is 9.47 Å². The molecule has 0 saturated carbocycles. The van der Waals surface area contributed by atoms with Crippen LogP contribution in [0.2, 0.25) is 0 Å². The van der Waals surface area contributed by atoms with Gasteiger partial charge < -0.3 is 14.8 Å². The van der Waals surface area contributed by atoms with Crippen molar-refractivity contribution in [3.05, 3.63) is 60.2 Å². The zero-order chi connectivity index (χ0) is 23.0. The topological polar surface area (TPSA) is 47.6 Å². The number of ketones is 1. The van der Waals surface area contributed by atoms with Crippen molar-refractivity contribution < 1.29 is 14.3 Å². The van der Waals surface area contributed by atoms with Gasteiger partial charge in [0.1, 0.15) is 18.5 Å². The molecule has 0 aliphatic heterocycles. The molecule has 0 aliphatic carbocycles. The van der Waals surface area contributed by atoms with Gasteiger partial charge in [-0.2, -0.15) is 0 Å². The molecule has 2 aromatic carbocycles. The molecule has 0 fully saturated rings. The first-order chi connectivity index (χ1) is 15.6. The van der Waals surface area contributed by atoms with Crippen LogP contribution >= 0.6 is 0 Å². The maximum Gasteiger partial charge on any atom is 0.160 e. The van der Waals surface area contributed by atoms with E-state index in [1.54, 1.807) is 6.92 Å². The molecule has 4 nitrogen and oxygen atoms in total. The molecule has 0 spiro atoms. The predicted molar refractivity (Wildman–Crippen MR) is 132 cm³/mol. The van der Waals surface area contributed by atoms with Crippen molar-refractivity contribution in [2.45, 2.75) is 78.0 Å². The molecule has 2 atom stereocenters. The lowest BCUT2D eigenvalue weighted by Gasteiger charge is -2.28. The van der Waals surface area contributed by atoms with Crippen LogP contribution in [0.3, 0.4) is 0 Å². The third-order valence-electron chi connectivity index (χ3n) is 5.21. The van der Waals surface area contributed by atoms with E-state index in [9.17, 15) is 4.79 Å². The number of carbonyl (C=O) groups is 1. The van der Waals surface area contributed by atoms with Gasteiger partial charge in [0, 0.05) is 18.2 Å². The Morgan fingerprint density at radius 3 is 2.53 bits per heavy atom. The summed E-state index contributed by atoms with van der Waals surface area (Å²) < 4.78 is 11.9. The number of anilines is 1. The second-order valence-corrected chi connectivity index (χ2v) is 7.95. The van der Waals surface area contributed by atoms with E-state index in [0.717, 1.165) is 42.7 Å². The molecule has 2 rings (SSSR count). The number of benzene rings is 2. The highest BCUT2D eigenvalue weighted by molar-refractivity contribution is 5.81. The molecular formula is C28H37NO3. The zero-order valence-electron chi connectivity index (χ0n) is 19.7. The lowest BCUT2D eigenvalue weighted by molar-refractivity contribution is -0.130. The maximum absolute atomic E-state index is 12.6. The average molecular weight is 436 g/mol. The fourth-order valence-electron chi connectivity index (χ4n) is 3.55. The standard InChI is InChI=1S/C28H37NO3/c1-4-6-8-12-19-27(28(23(3)30)32-22-24-15-10-9-11-16-24)29-25-17-14-18-26(21-25)31-20-13-7-5-2/h9-11,14-18,21,27-29H,4-6,8,12,19-20,22H2,1-3H3/t27-,28+/m0/s1. The van der Waals surface area contributed by atoms with Crippen LogP contribution in [0.4, 0.5) is 5.69 Å². The highest BCUT2D eigenvalue weighted by Crippen LogP contribution is 2.22. The van der Waals surface area contributed by atoms with Crippen molar-refractivity contribution in [1.29, 1.82) is 0 Å². The maximum atomic E-state index is 12.6. The monoisotopic (exact) mass is 435 g/mol. The molecule has 4 heteroatoms. The normalized spacial score (nSPS) is 12.3. The molecule has 0 unspecified atom stereocenters. The number of unbranched alkanes of at least 4 members (excludes halogenated alkanes) is 3. The Balaban J connectivity index is 2.10. The first kappa shape index (κ1) is 25.5. The van der Waals surface area contributed by atoms with Gasteiger partial charge in [-0.15, -0.1) is 5.92 Å².